The standard InChI is InChI=1S/C25H19F3N2O3/c26-25(27,28)18-7-1-4-15(10-18)11-19-13-21-20(8-3-9-22(21)33-19)16-5-2-6-17(12-16)24(32)30-14-23(29)31/h1-10,12-13H,11,14H2,(H2,29,31)(H,30,32). The Morgan fingerprint density at radius 3 is 2.45 bits per heavy atom. The van der Waals surface area contributed by atoms with Crippen LogP contribution in [-0.2, 0) is 17.4 Å². The van der Waals surface area contributed by atoms with Crippen molar-refractivity contribution in [1.82, 2.24) is 5.32 Å². The van der Waals surface area contributed by atoms with Crippen molar-refractivity contribution in [1.29, 1.82) is 0 Å². The summed E-state index contributed by atoms with van der Waals surface area (Å²) < 4.78 is 44.9. The molecule has 3 aromatic carbocycles. The van der Waals surface area contributed by atoms with Gasteiger partial charge in [-0.05, 0) is 47.0 Å². The minimum atomic E-state index is -4.41. The topological polar surface area (TPSA) is 85.3 Å². The van der Waals surface area contributed by atoms with Gasteiger partial charge in [0.05, 0.1) is 12.1 Å². The van der Waals surface area contributed by atoms with Crippen molar-refractivity contribution in [2.75, 3.05) is 6.54 Å². The van der Waals surface area contributed by atoms with Gasteiger partial charge in [-0.2, -0.15) is 13.2 Å². The lowest BCUT2D eigenvalue weighted by molar-refractivity contribution is -0.137. The van der Waals surface area contributed by atoms with Crippen molar-refractivity contribution in [2.24, 2.45) is 5.73 Å². The summed E-state index contributed by atoms with van der Waals surface area (Å²) in [6.07, 6.45) is -4.21. The average molecular weight is 452 g/mol. The van der Waals surface area contributed by atoms with E-state index >= 15 is 0 Å². The van der Waals surface area contributed by atoms with Gasteiger partial charge in [-0.15, -0.1) is 0 Å². The van der Waals surface area contributed by atoms with Gasteiger partial charge in [0.25, 0.3) is 5.91 Å². The van der Waals surface area contributed by atoms with E-state index in [2.05, 4.69) is 5.32 Å². The molecule has 33 heavy (non-hydrogen) atoms. The number of benzene rings is 3. The van der Waals surface area contributed by atoms with Gasteiger partial charge in [-0.25, -0.2) is 0 Å². The van der Waals surface area contributed by atoms with Crippen LogP contribution in [0, 0.1) is 0 Å². The molecular weight excluding hydrogens is 433 g/mol. The fraction of sp³-hybridized carbons (Fsp3) is 0.120. The highest BCUT2D eigenvalue weighted by molar-refractivity contribution is 5.99. The number of fused-ring (bicyclic) bond motifs is 1. The molecule has 1 heterocycles. The van der Waals surface area contributed by atoms with Crippen molar-refractivity contribution in [3.63, 3.8) is 0 Å². The SMILES string of the molecule is NC(=O)CNC(=O)c1cccc(-c2cccc3oc(Cc4cccc(C(F)(F)F)c4)cc23)c1. The van der Waals surface area contributed by atoms with Gasteiger partial charge in [0.1, 0.15) is 11.3 Å². The number of amides is 2. The molecule has 0 aliphatic heterocycles. The van der Waals surface area contributed by atoms with Crippen molar-refractivity contribution in [3.05, 3.63) is 95.2 Å². The maximum Gasteiger partial charge on any atom is 0.416 e. The summed E-state index contributed by atoms with van der Waals surface area (Å²) in [7, 11) is 0. The Hall–Kier alpha value is -4.07. The summed E-state index contributed by atoms with van der Waals surface area (Å²) in [5.74, 6) is -0.552. The lowest BCUT2D eigenvalue weighted by Crippen LogP contribution is -2.33. The number of rotatable bonds is 6. The molecule has 0 aliphatic rings. The molecule has 0 fully saturated rings. The maximum atomic E-state index is 13.0. The molecule has 4 rings (SSSR count). The van der Waals surface area contributed by atoms with Gasteiger partial charge in [-0.3, -0.25) is 9.59 Å². The first-order valence-corrected chi connectivity index (χ1v) is 10.1. The second-order valence-electron chi connectivity index (χ2n) is 7.53. The minimum absolute atomic E-state index is 0.202. The number of furan rings is 1. The Morgan fingerprint density at radius 2 is 1.70 bits per heavy atom. The Labute approximate surface area is 187 Å². The van der Waals surface area contributed by atoms with Crippen molar-refractivity contribution >= 4 is 22.8 Å². The molecule has 168 valence electrons. The van der Waals surface area contributed by atoms with E-state index < -0.39 is 23.6 Å². The molecule has 0 aliphatic carbocycles. The fourth-order valence-corrected chi connectivity index (χ4v) is 3.61. The van der Waals surface area contributed by atoms with Gasteiger partial charge in [-0.1, -0.05) is 42.5 Å². The lowest BCUT2D eigenvalue weighted by atomic mass is 9.99. The molecule has 0 bridgehead atoms. The summed E-state index contributed by atoms with van der Waals surface area (Å²) in [4.78, 5) is 23.2. The summed E-state index contributed by atoms with van der Waals surface area (Å²) in [5.41, 5.74) is 7.34. The average Bonchev–Trinajstić information content (AvgIpc) is 3.19. The van der Waals surface area contributed by atoms with Crippen molar-refractivity contribution in [3.8, 4) is 11.1 Å². The zero-order valence-corrected chi connectivity index (χ0v) is 17.3. The summed E-state index contributed by atoms with van der Waals surface area (Å²) >= 11 is 0. The van der Waals surface area contributed by atoms with E-state index in [1.165, 1.54) is 6.07 Å². The molecule has 8 heteroatoms. The molecular formula is C25H19F3N2O3. The van der Waals surface area contributed by atoms with E-state index in [-0.39, 0.29) is 13.0 Å². The molecule has 0 radical (unpaired) electrons. The van der Waals surface area contributed by atoms with Gasteiger partial charge in [0, 0.05) is 17.4 Å². The van der Waals surface area contributed by atoms with Crippen molar-refractivity contribution in [2.45, 2.75) is 12.6 Å². The minimum Gasteiger partial charge on any atom is -0.461 e. The molecule has 2 amide bonds. The van der Waals surface area contributed by atoms with Gasteiger partial charge in [0.2, 0.25) is 5.91 Å². The molecule has 4 aromatic rings. The number of hydrogen-bond donors (Lipinski definition) is 2. The van der Waals surface area contributed by atoms with E-state index in [4.69, 9.17) is 10.2 Å². The number of hydrogen-bond acceptors (Lipinski definition) is 3. The zero-order chi connectivity index (χ0) is 23.6. The smallest absolute Gasteiger partial charge is 0.416 e. The highest BCUT2D eigenvalue weighted by Gasteiger charge is 2.30. The van der Waals surface area contributed by atoms with E-state index in [0.717, 1.165) is 28.6 Å². The van der Waals surface area contributed by atoms with Gasteiger partial charge in [0.15, 0.2) is 0 Å². The molecule has 0 saturated carbocycles. The maximum absolute atomic E-state index is 13.0. The molecule has 0 atom stereocenters. The highest BCUT2D eigenvalue weighted by Crippen LogP contribution is 2.33. The van der Waals surface area contributed by atoms with E-state index in [9.17, 15) is 22.8 Å². The Morgan fingerprint density at radius 1 is 0.939 bits per heavy atom. The van der Waals surface area contributed by atoms with Crippen LogP contribution in [0.5, 0.6) is 0 Å². The summed E-state index contributed by atoms with van der Waals surface area (Å²) in [6, 6.07) is 19.2. The molecule has 1 aromatic heterocycles. The van der Waals surface area contributed by atoms with Crippen LogP contribution >= 0.6 is 0 Å². The zero-order valence-electron chi connectivity index (χ0n) is 17.3. The predicted octanol–water partition coefficient (Wildman–Crippen LogP) is 4.92. The first-order valence-electron chi connectivity index (χ1n) is 10.1. The summed E-state index contributed by atoms with van der Waals surface area (Å²) in [5, 5.41) is 3.22. The van der Waals surface area contributed by atoms with Crippen molar-refractivity contribution < 1.29 is 27.2 Å². The number of nitrogens with two attached hydrogens (primary N) is 1. The number of carbonyl (C=O) groups excluding carboxylic acids is 2. The van der Waals surface area contributed by atoms with Crippen LogP contribution in [0.15, 0.2) is 77.2 Å². The van der Waals surface area contributed by atoms with Gasteiger partial charge < -0.3 is 15.5 Å². The van der Waals surface area contributed by atoms with Crippen LogP contribution in [0.3, 0.4) is 0 Å². The van der Waals surface area contributed by atoms with Crippen LogP contribution in [0.25, 0.3) is 22.1 Å². The predicted molar refractivity (Wildman–Crippen MR) is 117 cm³/mol. The van der Waals surface area contributed by atoms with Crippen LogP contribution in [-0.4, -0.2) is 18.4 Å². The molecule has 5 nitrogen and oxygen atoms in total. The largest absolute Gasteiger partial charge is 0.461 e. The Balaban J connectivity index is 1.64. The van der Waals surface area contributed by atoms with Gasteiger partial charge >= 0.3 is 6.18 Å². The second-order valence-corrected chi connectivity index (χ2v) is 7.53. The molecule has 0 spiro atoms. The molecule has 0 saturated heterocycles. The third kappa shape index (κ3) is 5.06. The third-order valence-electron chi connectivity index (χ3n) is 5.10. The second kappa shape index (κ2) is 8.82. The number of halogens is 3. The number of primary amides is 1. The van der Waals surface area contributed by atoms with Crippen LogP contribution in [0.1, 0.15) is 27.2 Å². The Kier molecular flexibility index (Phi) is 5.91. The van der Waals surface area contributed by atoms with E-state index in [0.29, 0.717) is 22.5 Å². The third-order valence-corrected chi connectivity index (χ3v) is 5.10. The molecule has 3 N–H and O–H groups in total. The van der Waals surface area contributed by atoms with Crippen LogP contribution in [0.4, 0.5) is 13.2 Å². The summed E-state index contributed by atoms with van der Waals surface area (Å²) in [6.45, 7) is -0.265. The highest BCUT2D eigenvalue weighted by atomic mass is 19.4. The normalized spacial score (nSPS) is 11.5. The number of nitrogens with one attached hydrogen (secondary N) is 1. The van der Waals surface area contributed by atoms with E-state index in [1.54, 1.807) is 42.5 Å². The number of alkyl halides is 3. The lowest BCUT2D eigenvalue weighted by Gasteiger charge is -2.07. The van der Waals surface area contributed by atoms with E-state index in [1.807, 2.05) is 12.1 Å². The first-order chi connectivity index (χ1) is 15.7. The Bertz CT molecular complexity index is 1340. The fourth-order valence-electron chi connectivity index (χ4n) is 3.61. The quantitative estimate of drug-likeness (QED) is 0.435. The first kappa shape index (κ1) is 22.1. The van der Waals surface area contributed by atoms with Crippen LogP contribution in [0.2, 0.25) is 0 Å². The number of carbonyl (C=O) groups is 2. The monoisotopic (exact) mass is 452 g/mol. The van der Waals surface area contributed by atoms with Crippen LogP contribution < -0.4 is 11.1 Å². The molecule has 0 unspecified atom stereocenters.